The molecule has 0 radical (unpaired) electrons. The minimum absolute atomic E-state index is 0.0123. The summed E-state index contributed by atoms with van der Waals surface area (Å²) in [4.78, 5) is 4.03. The van der Waals surface area contributed by atoms with Crippen LogP contribution in [0, 0.1) is 0 Å². The fourth-order valence-corrected chi connectivity index (χ4v) is 6.15. The molecule has 9 nitrogen and oxygen atoms in total. The van der Waals surface area contributed by atoms with Gasteiger partial charge >= 0.3 is 0 Å². The van der Waals surface area contributed by atoms with Gasteiger partial charge in [-0.25, -0.2) is 13.4 Å². The standard InChI is InChI=1S/C20H28N5O4S2/c1-4-14(16-9-13(10-29-16)12(2)3)23-18(21)19(22)24-15-11-30-20(17(15)26)31(27,28)25-7-5-6-8-25/h9-12,14H,4-8H2,1-3H3,(H4-,21,22,23,24,26)/q-1/t14-/m1/s1. The lowest BCUT2D eigenvalue weighted by Gasteiger charge is -2.24. The molecule has 0 spiro atoms. The summed E-state index contributed by atoms with van der Waals surface area (Å²) in [6, 6.07) is 1.59. The third kappa shape index (κ3) is 4.94. The first kappa shape index (κ1) is 23.3. The quantitative estimate of drug-likeness (QED) is 0.420. The number of hydrogen-bond donors (Lipinski definition) is 3. The van der Waals surface area contributed by atoms with Crippen LogP contribution in [0.1, 0.15) is 63.3 Å². The van der Waals surface area contributed by atoms with Gasteiger partial charge in [0, 0.05) is 24.5 Å². The molecular formula is C20H28N5O4S2-. The van der Waals surface area contributed by atoms with Gasteiger partial charge in [-0.05, 0) is 42.6 Å². The number of aliphatic imine (C=N–C) groups is 1. The molecule has 1 saturated heterocycles. The number of furan rings is 1. The number of sulfonamides is 1. The molecule has 2 aromatic heterocycles. The number of rotatable bonds is 7. The molecule has 3 heterocycles. The zero-order valence-electron chi connectivity index (χ0n) is 17.8. The second-order valence-corrected chi connectivity index (χ2v) is 10.8. The number of nitrogens with one attached hydrogen (secondary N) is 1. The summed E-state index contributed by atoms with van der Waals surface area (Å²) in [5.41, 5.74) is 6.93. The van der Waals surface area contributed by atoms with E-state index in [1.807, 2.05) is 13.0 Å². The molecule has 11 heteroatoms. The molecule has 3 rings (SSSR count). The molecule has 4 N–H and O–H groups in total. The van der Waals surface area contributed by atoms with E-state index in [2.05, 4.69) is 24.2 Å². The van der Waals surface area contributed by atoms with Crippen LogP contribution < -0.4 is 11.1 Å². The first-order valence-electron chi connectivity index (χ1n) is 10.2. The van der Waals surface area contributed by atoms with E-state index in [-0.39, 0.29) is 27.6 Å². The molecular weight excluding hydrogens is 438 g/mol. The van der Waals surface area contributed by atoms with E-state index in [1.165, 1.54) is 9.69 Å². The van der Waals surface area contributed by atoms with Gasteiger partial charge in [-0.2, -0.15) is 4.31 Å². The van der Waals surface area contributed by atoms with E-state index in [0.717, 1.165) is 29.7 Å². The van der Waals surface area contributed by atoms with Gasteiger partial charge in [0.25, 0.3) is 10.0 Å². The minimum atomic E-state index is -3.77. The van der Waals surface area contributed by atoms with Crippen LogP contribution in [0.25, 0.3) is 5.41 Å². The highest BCUT2D eigenvalue weighted by atomic mass is 32.2. The SMILES string of the molecule is CC[C@@H](NC(=[N-])C(N)=Nc1csc(S(=O)(=O)N2CCCC2)c1O)c1cc(C(C)C)co1. The molecule has 31 heavy (non-hydrogen) atoms. The van der Waals surface area contributed by atoms with Gasteiger partial charge in [-0.1, -0.05) is 20.8 Å². The number of nitrogens with two attached hydrogens (primary N) is 1. The molecule has 1 fully saturated rings. The smallest absolute Gasteiger partial charge is 0.256 e. The Balaban J connectivity index is 1.76. The Morgan fingerprint density at radius 1 is 1.42 bits per heavy atom. The van der Waals surface area contributed by atoms with Crippen LogP contribution in [0.2, 0.25) is 0 Å². The molecule has 0 bridgehead atoms. The van der Waals surface area contributed by atoms with Crippen molar-refractivity contribution in [2.24, 2.45) is 10.7 Å². The topological polar surface area (TPSA) is 143 Å². The van der Waals surface area contributed by atoms with Crippen molar-refractivity contribution in [1.82, 2.24) is 9.62 Å². The highest BCUT2D eigenvalue weighted by Gasteiger charge is 2.32. The highest BCUT2D eigenvalue weighted by molar-refractivity contribution is 7.91. The molecule has 0 aliphatic carbocycles. The Bertz CT molecular complexity index is 1070. The summed E-state index contributed by atoms with van der Waals surface area (Å²) in [7, 11) is -3.77. The maximum atomic E-state index is 12.7. The Hall–Kier alpha value is -2.37. The third-order valence-corrected chi connectivity index (χ3v) is 8.58. The van der Waals surface area contributed by atoms with Crippen LogP contribution in [0.4, 0.5) is 5.69 Å². The van der Waals surface area contributed by atoms with Gasteiger partial charge in [0.2, 0.25) is 0 Å². The number of nitrogens with zero attached hydrogens (tertiary/aromatic N) is 3. The van der Waals surface area contributed by atoms with E-state index in [1.54, 1.807) is 6.26 Å². The molecule has 0 amide bonds. The van der Waals surface area contributed by atoms with Gasteiger partial charge in [-0.3, -0.25) is 0 Å². The number of amidine groups is 2. The van der Waals surface area contributed by atoms with Crippen LogP contribution in [0.15, 0.2) is 31.3 Å². The molecule has 1 aliphatic rings. The molecule has 1 aliphatic heterocycles. The van der Waals surface area contributed by atoms with Crippen molar-refractivity contribution < 1.29 is 17.9 Å². The van der Waals surface area contributed by atoms with E-state index >= 15 is 0 Å². The number of thiophene rings is 1. The molecule has 0 unspecified atom stereocenters. The van der Waals surface area contributed by atoms with Gasteiger partial charge in [0.1, 0.15) is 17.3 Å². The zero-order valence-corrected chi connectivity index (χ0v) is 19.5. The van der Waals surface area contributed by atoms with Crippen molar-refractivity contribution in [2.75, 3.05) is 13.1 Å². The largest absolute Gasteiger partial charge is 0.504 e. The summed E-state index contributed by atoms with van der Waals surface area (Å²) in [5, 5.41) is 25.1. The lowest BCUT2D eigenvalue weighted by atomic mass is 10.1. The summed E-state index contributed by atoms with van der Waals surface area (Å²) >= 11 is 0.876. The van der Waals surface area contributed by atoms with Gasteiger partial charge < -0.3 is 26.0 Å². The van der Waals surface area contributed by atoms with Crippen molar-refractivity contribution in [3.8, 4) is 5.75 Å². The molecule has 0 saturated carbocycles. The first-order chi connectivity index (χ1) is 14.6. The Kier molecular flexibility index (Phi) is 7.07. The summed E-state index contributed by atoms with van der Waals surface area (Å²) in [6.07, 6.45) is 3.89. The minimum Gasteiger partial charge on any atom is -0.504 e. The van der Waals surface area contributed by atoms with Crippen LogP contribution in [-0.2, 0) is 10.0 Å². The molecule has 170 valence electrons. The van der Waals surface area contributed by atoms with E-state index < -0.39 is 15.8 Å². The lowest BCUT2D eigenvalue weighted by molar-refractivity contribution is 0.440. The van der Waals surface area contributed by atoms with Gasteiger partial charge in [0.15, 0.2) is 9.96 Å². The highest BCUT2D eigenvalue weighted by Crippen LogP contribution is 2.41. The Labute approximate surface area is 186 Å². The first-order valence-corrected chi connectivity index (χ1v) is 12.5. The fourth-order valence-electron chi connectivity index (χ4n) is 3.28. The summed E-state index contributed by atoms with van der Waals surface area (Å²) in [5.74, 6) is -0.154. The molecule has 1 atom stereocenters. The summed E-state index contributed by atoms with van der Waals surface area (Å²) in [6.45, 7) is 6.91. The third-order valence-electron chi connectivity index (χ3n) is 5.21. The number of hydrogen-bond acceptors (Lipinski definition) is 6. The van der Waals surface area contributed by atoms with Crippen molar-refractivity contribution >= 4 is 38.7 Å². The maximum absolute atomic E-state index is 12.7. The average molecular weight is 467 g/mol. The van der Waals surface area contributed by atoms with Crippen molar-refractivity contribution in [1.29, 1.82) is 0 Å². The molecule has 0 aromatic carbocycles. The van der Waals surface area contributed by atoms with E-state index in [9.17, 15) is 18.9 Å². The number of aromatic hydroxyl groups is 1. The van der Waals surface area contributed by atoms with Crippen LogP contribution in [0.5, 0.6) is 5.75 Å². The fraction of sp³-hybridized carbons (Fsp3) is 0.500. The van der Waals surface area contributed by atoms with Gasteiger partial charge in [0.05, 0.1) is 6.26 Å². The van der Waals surface area contributed by atoms with Crippen LogP contribution >= 0.6 is 11.3 Å². The second kappa shape index (κ2) is 9.41. The van der Waals surface area contributed by atoms with Crippen molar-refractivity contribution in [3.63, 3.8) is 0 Å². The van der Waals surface area contributed by atoms with Crippen molar-refractivity contribution in [3.05, 3.63) is 34.4 Å². The van der Waals surface area contributed by atoms with Crippen molar-refractivity contribution in [2.45, 2.75) is 56.2 Å². The summed E-state index contributed by atoms with van der Waals surface area (Å²) < 4.78 is 32.2. The Morgan fingerprint density at radius 3 is 2.68 bits per heavy atom. The predicted molar refractivity (Wildman–Crippen MR) is 123 cm³/mol. The van der Waals surface area contributed by atoms with E-state index in [4.69, 9.17) is 10.2 Å². The van der Waals surface area contributed by atoms with Crippen LogP contribution in [-0.4, -0.2) is 42.6 Å². The monoisotopic (exact) mass is 466 g/mol. The second-order valence-electron chi connectivity index (χ2n) is 7.76. The van der Waals surface area contributed by atoms with Crippen LogP contribution in [0.3, 0.4) is 0 Å². The van der Waals surface area contributed by atoms with Gasteiger partial charge in [-0.15, -0.1) is 11.3 Å². The molecule has 2 aromatic rings. The lowest BCUT2D eigenvalue weighted by Crippen LogP contribution is -2.37. The maximum Gasteiger partial charge on any atom is 0.256 e. The average Bonchev–Trinajstić information content (AvgIpc) is 3.47. The zero-order chi connectivity index (χ0) is 22.8. The Morgan fingerprint density at radius 2 is 2.10 bits per heavy atom. The van der Waals surface area contributed by atoms with E-state index in [0.29, 0.717) is 31.2 Å². The predicted octanol–water partition coefficient (Wildman–Crippen LogP) is 3.65. The normalized spacial score (nSPS) is 16.7.